The number of aromatic nitrogens is 1. The molecule has 1 aromatic carbocycles. The summed E-state index contributed by atoms with van der Waals surface area (Å²) < 4.78 is 0. The fraction of sp³-hybridized carbons (Fsp3) is 0.227. The van der Waals surface area contributed by atoms with E-state index in [4.69, 9.17) is 11.6 Å². The van der Waals surface area contributed by atoms with Crippen molar-refractivity contribution in [2.75, 3.05) is 31.1 Å². The van der Waals surface area contributed by atoms with Gasteiger partial charge in [0.15, 0.2) is 0 Å². The van der Waals surface area contributed by atoms with E-state index in [9.17, 15) is 9.59 Å². The zero-order valence-corrected chi connectivity index (χ0v) is 17.8. The quantitative estimate of drug-likeness (QED) is 0.657. The Bertz CT molecular complexity index is 999. The molecule has 8 heteroatoms. The zero-order chi connectivity index (χ0) is 20.9. The van der Waals surface area contributed by atoms with E-state index in [1.165, 1.54) is 11.3 Å². The summed E-state index contributed by atoms with van der Waals surface area (Å²) >= 11 is 7.31. The van der Waals surface area contributed by atoms with Gasteiger partial charge in [0.05, 0.1) is 9.90 Å². The Morgan fingerprint density at radius 3 is 2.43 bits per heavy atom. The maximum Gasteiger partial charge on any atom is 0.261 e. The average molecular weight is 441 g/mol. The fourth-order valence-electron chi connectivity index (χ4n) is 3.32. The molecule has 1 fully saturated rings. The number of benzene rings is 1. The number of pyridine rings is 1. The lowest BCUT2D eigenvalue weighted by molar-refractivity contribution is 0.0746. The SMILES string of the molecule is O=C(NCc1ccc(C(=O)N2CCN(c3ccc(Cl)cn3)CC2)cc1)c1cccs1. The fourth-order valence-corrected chi connectivity index (χ4v) is 4.07. The third kappa shape index (κ3) is 4.80. The van der Waals surface area contributed by atoms with Crippen molar-refractivity contribution in [2.45, 2.75) is 6.54 Å². The van der Waals surface area contributed by atoms with Crippen molar-refractivity contribution >= 4 is 40.6 Å². The van der Waals surface area contributed by atoms with Crippen LogP contribution >= 0.6 is 22.9 Å². The Morgan fingerprint density at radius 1 is 1.03 bits per heavy atom. The van der Waals surface area contributed by atoms with Crippen LogP contribution in [-0.4, -0.2) is 47.9 Å². The van der Waals surface area contributed by atoms with E-state index in [-0.39, 0.29) is 11.8 Å². The second-order valence-electron chi connectivity index (χ2n) is 6.97. The van der Waals surface area contributed by atoms with Crippen LogP contribution in [0.25, 0.3) is 0 Å². The van der Waals surface area contributed by atoms with Crippen LogP contribution in [0.2, 0.25) is 5.02 Å². The molecular formula is C22H21ClN4O2S. The standard InChI is InChI=1S/C22H21ClN4O2S/c23-18-7-8-20(24-15-18)26-9-11-27(12-10-26)22(29)17-5-3-16(4-6-17)14-25-21(28)19-2-1-13-30-19/h1-8,13,15H,9-12,14H2,(H,25,28). The van der Waals surface area contributed by atoms with Crippen LogP contribution < -0.4 is 10.2 Å². The summed E-state index contributed by atoms with van der Waals surface area (Å²) in [5.74, 6) is 0.812. The van der Waals surface area contributed by atoms with Gasteiger partial charge in [-0.1, -0.05) is 29.8 Å². The maximum absolute atomic E-state index is 12.8. The smallest absolute Gasteiger partial charge is 0.261 e. The van der Waals surface area contributed by atoms with Gasteiger partial charge in [-0.25, -0.2) is 4.98 Å². The molecule has 0 atom stereocenters. The van der Waals surface area contributed by atoms with Crippen molar-refractivity contribution in [2.24, 2.45) is 0 Å². The van der Waals surface area contributed by atoms with Crippen LogP contribution in [0.1, 0.15) is 25.6 Å². The van der Waals surface area contributed by atoms with Gasteiger partial charge in [-0.15, -0.1) is 11.3 Å². The average Bonchev–Trinajstić information content (AvgIpc) is 3.33. The first-order valence-corrected chi connectivity index (χ1v) is 10.9. The van der Waals surface area contributed by atoms with Gasteiger partial charge in [0.2, 0.25) is 0 Å². The van der Waals surface area contributed by atoms with Crippen molar-refractivity contribution in [3.05, 3.63) is 81.1 Å². The van der Waals surface area contributed by atoms with E-state index in [0.29, 0.717) is 35.1 Å². The first-order valence-electron chi connectivity index (χ1n) is 9.66. The van der Waals surface area contributed by atoms with E-state index in [2.05, 4.69) is 15.2 Å². The molecule has 0 saturated carbocycles. The van der Waals surface area contributed by atoms with Crippen LogP contribution in [0.15, 0.2) is 60.1 Å². The molecular weight excluding hydrogens is 420 g/mol. The number of hydrogen-bond donors (Lipinski definition) is 1. The van der Waals surface area contributed by atoms with E-state index >= 15 is 0 Å². The lowest BCUT2D eigenvalue weighted by atomic mass is 10.1. The molecule has 1 aliphatic rings. The number of rotatable bonds is 5. The van der Waals surface area contributed by atoms with Gasteiger partial charge in [0, 0.05) is 44.5 Å². The summed E-state index contributed by atoms with van der Waals surface area (Å²) in [6.45, 7) is 3.17. The predicted molar refractivity (Wildman–Crippen MR) is 119 cm³/mol. The zero-order valence-electron chi connectivity index (χ0n) is 16.3. The predicted octanol–water partition coefficient (Wildman–Crippen LogP) is 3.69. The highest BCUT2D eigenvalue weighted by atomic mass is 35.5. The lowest BCUT2D eigenvalue weighted by Gasteiger charge is -2.35. The van der Waals surface area contributed by atoms with Crippen LogP contribution in [0.3, 0.4) is 0 Å². The van der Waals surface area contributed by atoms with Gasteiger partial charge in [0.25, 0.3) is 11.8 Å². The molecule has 0 aliphatic carbocycles. The molecule has 1 N–H and O–H groups in total. The summed E-state index contributed by atoms with van der Waals surface area (Å²) in [6.07, 6.45) is 1.64. The van der Waals surface area contributed by atoms with E-state index in [0.717, 1.165) is 24.5 Å². The number of anilines is 1. The van der Waals surface area contributed by atoms with Crippen LogP contribution in [0.4, 0.5) is 5.82 Å². The molecule has 0 spiro atoms. The number of thiophene rings is 1. The Hall–Kier alpha value is -2.90. The number of halogens is 1. The molecule has 1 aliphatic heterocycles. The van der Waals surface area contributed by atoms with Gasteiger partial charge in [0.1, 0.15) is 5.82 Å². The molecule has 3 heterocycles. The van der Waals surface area contributed by atoms with E-state index < -0.39 is 0 Å². The molecule has 154 valence electrons. The number of nitrogens with one attached hydrogen (secondary N) is 1. The first-order chi connectivity index (χ1) is 14.6. The minimum atomic E-state index is -0.0850. The van der Waals surface area contributed by atoms with Crippen LogP contribution in [0.5, 0.6) is 0 Å². The molecule has 6 nitrogen and oxygen atoms in total. The van der Waals surface area contributed by atoms with Crippen LogP contribution in [-0.2, 0) is 6.54 Å². The summed E-state index contributed by atoms with van der Waals surface area (Å²) in [7, 11) is 0. The Kier molecular flexibility index (Phi) is 6.30. The topological polar surface area (TPSA) is 65.5 Å². The molecule has 0 radical (unpaired) electrons. The number of carbonyl (C=O) groups excluding carboxylic acids is 2. The van der Waals surface area contributed by atoms with Crippen molar-refractivity contribution in [1.82, 2.24) is 15.2 Å². The molecule has 0 bridgehead atoms. The molecule has 3 aromatic rings. The largest absolute Gasteiger partial charge is 0.353 e. The third-order valence-electron chi connectivity index (χ3n) is 5.00. The summed E-state index contributed by atoms with van der Waals surface area (Å²) in [6, 6.07) is 14.8. The van der Waals surface area contributed by atoms with Gasteiger partial charge in [-0.05, 0) is 41.3 Å². The van der Waals surface area contributed by atoms with E-state index in [1.54, 1.807) is 12.3 Å². The minimum Gasteiger partial charge on any atom is -0.353 e. The molecule has 2 amide bonds. The highest BCUT2D eigenvalue weighted by Crippen LogP contribution is 2.17. The Morgan fingerprint density at radius 2 is 1.80 bits per heavy atom. The van der Waals surface area contributed by atoms with Gasteiger partial charge < -0.3 is 15.1 Å². The summed E-state index contributed by atoms with van der Waals surface area (Å²) in [5, 5.41) is 5.38. The van der Waals surface area contributed by atoms with Crippen molar-refractivity contribution in [3.8, 4) is 0 Å². The van der Waals surface area contributed by atoms with Gasteiger partial charge >= 0.3 is 0 Å². The number of carbonyl (C=O) groups is 2. The number of amides is 2. The number of piperazine rings is 1. The first kappa shape index (κ1) is 20.4. The second-order valence-corrected chi connectivity index (χ2v) is 8.35. The Balaban J connectivity index is 1.29. The normalized spacial score (nSPS) is 13.9. The van der Waals surface area contributed by atoms with Crippen molar-refractivity contribution < 1.29 is 9.59 Å². The lowest BCUT2D eigenvalue weighted by Crippen LogP contribution is -2.49. The second kappa shape index (κ2) is 9.28. The van der Waals surface area contributed by atoms with Crippen LogP contribution in [0, 0.1) is 0 Å². The molecule has 2 aromatic heterocycles. The highest BCUT2D eigenvalue weighted by Gasteiger charge is 2.22. The molecule has 30 heavy (non-hydrogen) atoms. The summed E-state index contributed by atoms with van der Waals surface area (Å²) in [4.78, 5) is 33.9. The monoisotopic (exact) mass is 440 g/mol. The summed E-state index contributed by atoms with van der Waals surface area (Å²) in [5.41, 5.74) is 1.61. The third-order valence-corrected chi connectivity index (χ3v) is 6.09. The van der Waals surface area contributed by atoms with Crippen molar-refractivity contribution in [1.29, 1.82) is 0 Å². The minimum absolute atomic E-state index is 0.0212. The highest BCUT2D eigenvalue weighted by molar-refractivity contribution is 7.12. The maximum atomic E-state index is 12.8. The molecule has 0 unspecified atom stereocenters. The van der Waals surface area contributed by atoms with Gasteiger partial charge in [-0.2, -0.15) is 0 Å². The van der Waals surface area contributed by atoms with Crippen molar-refractivity contribution in [3.63, 3.8) is 0 Å². The number of nitrogens with zero attached hydrogens (tertiary/aromatic N) is 3. The molecule has 4 rings (SSSR count). The Labute approximate surface area is 184 Å². The number of hydrogen-bond acceptors (Lipinski definition) is 5. The molecule has 1 saturated heterocycles. The van der Waals surface area contributed by atoms with E-state index in [1.807, 2.05) is 52.7 Å². The van der Waals surface area contributed by atoms with Gasteiger partial charge in [-0.3, -0.25) is 9.59 Å².